The van der Waals surface area contributed by atoms with E-state index in [-0.39, 0.29) is 18.2 Å². The largest absolute Gasteiger partial charge is 0.396 e. The van der Waals surface area contributed by atoms with E-state index in [0.29, 0.717) is 11.0 Å². The van der Waals surface area contributed by atoms with E-state index in [9.17, 15) is 4.79 Å². The molecule has 128 valence electrons. The molecule has 0 saturated heterocycles. The molecule has 1 atom stereocenters. The number of primary amides is 1. The van der Waals surface area contributed by atoms with E-state index in [1.165, 1.54) is 0 Å². The van der Waals surface area contributed by atoms with Crippen LogP contribution in [-0.4, -0.2) is 32.8 Å². The van der Waals surface area contributed by atoms with Crippen LogP contribution in [0.5, 0.6) is 0 Å². The first-order valence-corrected chi connectivity index (χ1v) is 8.61. The van der Waals surface area contributed by atoms with Crippen LogP contribution in [0.15, 0.2) is 29.4 Å². The minimum absolute atomic E-state index is 0.144. The Morgan fingerprint density at radius 1 is 1.42 bits per heavy atom. The molecule has 1 amide bonds. The Morgan fingerprint density at radius 3 is 2.83 bits per heavy atom. The van der Waals surface area contributed by atoms with Gasteiger partial charge in [-0.25, -0.2) is 9.97 Å². The molecular weight excluding hydrogens is 348 g/mol. The van der Waals surface area contributed by atoms with Crippen molar-refractivity contribution in [2.24, 2.45) is 5.73 Å². The molecule has 2 aromatic rings. The summed E-state index contributed by atoms with van der Waals surface area (Å²) in [5.74, 6) is 0.0000761. The van der Waals surface area contributed by atoms with E-state index in [2.05, 4.69) is 15.3 Å². The number of carbonyl (C=O) groups excluding carboxylic acids is 1. The highest BCUT2D eigenvalue weighted by molar-refractivity contribution is 8.00. The number of hydrogen-bond donors (Lipinski definition) is 3. The third kappa shape index (κ3) is 4.83. The van der Waals surface area contributed by atoms with Gasteiger partial charge in [-0.1, -0.05) is 35.5 Å². The lowest BCUT2D eigenvalue weighted by molar-refractivity contribution is -0.117. The fourth-order valence-electron chi connectivity index (χ4n) is 2.04. The summed E-state index contributed by atoms with van der Waals surface area (Å²) < 4.78 is 0. The molecule has 2 rings (SSSR count). The Kier molecular flexibility index (Phi) is 6.42. The molecule has 0 aliphatic heterocycles. The second-order valence-electron chi connectivity index (χ2n) is 5.25. The van der Waals surface area contributed by atoms with E-state index >= 15 is 0 Å². The molecule has 1 aromatic carbocycles. The van der Waals surface area contributed by atoms with Gasteiger partial charge >= 0.3 is 0 Å². The minimum atomic E-state index is -0.609. The molecular formula is C16H19ClN4O2S. The fourth-order valence-corrected chi connectivity index (χ4v) is 3.17. The van der Waals surface area contributed by atoms with Crippen molar-refractivity contribution in [1.29, 1.82) is 0 Å². The summed E-state index contributed by atoms with van der Waals surface area (Å²) in [5, 5.41) is 12.2. The number of rotatable bonds is 7. The number of aryl methyl sites for hydroxylation is 1. The maximum Gasteiger partial charge on any atom is 0.231 e. The molecule has 0 saturated carbocycles. The van der Waals surface area contributed by atoms with Crippen LogP contribution in [0.2, 0.25) is 5.15 Å². The van der Waals surface area contributed by atoms with Gasteiger partial charge < -0.3 is 16.2 Å². The highest BCUT2D eigenvalue weighted by Gasteiger charge is 2.19. The predicted molar refractivity (Wildman–Crippen MR) is 96.8 cm³/mol. The monoisotopic (exact) mass is 366 g/mol. The van der Waals surface area contributed by atoms with Crippen LogP contribution in [0.3, 0.4) is 0 Å². The van der Waals surface area contributed by atoms with E-state index in [0.717, 1.165) is 28.6 Å². The Labute approximate surface area is 149 Å². The van der Waals surface area contributed by atoms with Crippen molar-refractivity contribution in [2.45, 2.75) is 30.7 Å². The SMILES string of the molecule is Cc1cccc(Nc2cc(Cl)nc(SC(CCO)C(N)=O)n2)c1C. The number of carbonyl (C=O) groups is 1. The predicted octanol–water partition coefficient (Wildman–Crippen LogP) is 2.82. The number of nitrogens with two attached hydrogens (primary N) is 1. The smallest absolute Gasteiger partial charge is 0.231 e. The van der Waals surface area contributed by atoms with Gasteiger partial charge in [-0.05, 0) is 37.5 Å². The average Bonchev–Trinajstić information content (AvgIpc) is 2.51. The molecule has 24 heavy (non-hydrogen) atoms. The lowest BCUT2D eigenvalue weighted by Crippen LogP contribution is -2.26. The van der Waals surface area contributed by atoms with Crippen LogP contribution < -0.4 is 11.1 Å². The van der Waals surface area contributed by atoms with Crippen LogP contribution in [0.25, 0.3) is 0 Å². The first kappa shape index (κ1) is 18.5. The third-order valence-corrected chi connectivity index (χ3v) is 4.84. The van der Waals surface area contributed by atoms with E-state index in [1.807, 2.05) is 32.0 Å². The summed E-state index contributed by atoms with van der Waals surface area (Å²) in [6.45, 7) is 3.90. The van der Waals surface area contributed by atoms with Gasteiger partial charge in [0, 0.05) is 18.4 Å². The molecule has 1 aromatic heterocycles. The number of nitrogens with zero attached hydrogens (tertiary/aromatic N) is 2. The minimum Gasteiger partial charge on any atom is -0.396 e. The lowest BCUT2D eigenvalue weighted by Gasteiger charge is -2.13. The Balaban J connectivity index is 2.25. The summed E-state index contributed by atoms with van der Waals surface area (Å²) in [4.78, 5) is 19.9. The van der Waals surface area contributed by atoms with Crippen molar-refractivity contribution in [1.82, 2.24) is 9.97 Å². The molecule has 0 radical (unpaired) electrons. The number of anilines is 2. The summed E-state index contributed by atoms with van der Waals surface area (Å²) >= 11 is 7.14. The van der Waals surface area contributed by atoms with E-state index < -0.39 is 11.2 Å². The van der Waals surface area contributed by atoms with Crippen LogP contribution in [-0.2, 0) is 4.79 Å². The van der Waals surface area contributed by atoms with Crippen LogP contribution in [0.1, 0.15) is 17.5 Å². The number of nitrogens with one attached hydrogen (secondary N) is 1. The van der Waals surface area contributed by atoms with E-state index in [1.54, 1.807) is 6.07 Å². The number of aliphatic hydroxyl groups excluding tert-OH is 1. The molecule has 0 spiro atoms. The van der Waals surface area contributed by atoms with Crippen LogP contribution >= 0.6 is 23.4 Å². The second-order valence-corrected chi connectivity index (χ2v) is 6.81. The molecule has 0 aliphatic rings. The maximum atomic E-state index is 11.4. The lowest BCUT2D eigenvalue weighted by atomic mass is 10.1. The van der Waals surface area contributed by atoms with Gasteiger partial charge in [-0.3, -0.25) is 4.79 Å². The summed E-state index contributed by atoms with van der Waals surface area (Å²) in [7, 11) is 0. The molecule has 6 nitrogen and oxygen atoms in total. The Hall–Kier alpha value is -1.83. The normalized spacial score (nSPS) is 12.0. The van der Waals surface area contributed by atoms with Crippen molar-refractivity contribution < 1.29 is 9.90 Å². The number of hydrogen-bond acceptors (Lipinski definition) is 6. The van der Waals surface area contributed by atoms with Crippen molar-refractivity contribution in [3.63, 3.8) is 0 Å². The van der Waals surface area contributed by atoms with Gasteiger partial charge in [0.15, 0.2) is 5.16 Å². The van der Waals surface area contributed by atoms with Gasteiger partial charge in [0.1, 0.15) is 11.0 Å². The number of aromatic nitrogens is 2. The summed E-state index contributed by atoms with van der Waals surface area (Å²) in [6, 6.07) is 7.54. The average molecular weight is 367 g/mol. The van der Waals surface area contributed by atoms with Crippen molar-refractivity contribution in [2.75, 3.05) is 11.9 Å². The van der Waals surface area contributed by atoms with Gasteiger partial charge in [0.2, 0.25) is 5.91 Å². The zero-order valence-corrected chi connectivity index (χ0v) is 15.0. The first-order chi connectivity index (χ1) is 11.4. The quantitative estimate of drug-likeness (QED) is 0.395. The van der Waals surface area contributed by atoms with E-state index in [4.69, 9.17) is 22.4 Å². The standard InChI is InChI=1S/C16H19ClN4O2S/c1-9-4-3-5-11(10(9)2)19-14-8-13(17)20-16(21-14)24-12(6-7-22)15(18)23/h3-5,8,12,22H,6-7H2,1-2H3,(H2,18,23)(H,19,20,21). The van der Waals surface area contributed by atoms with Gasteiger partial charge in [0.25, 0.3) is 0 Å². The molecule has 0 bridgehead atoms. The molecule has 8 heteroatoms. The zero-order valence-electron chi connectivity index (χ0n) is 13.4. The first-order valence-electron chi connectivity index (χ1n) is 7.35. The van der Waals surface area contributed by atoms with Crippen molar-refractivity contribution >= 4 is 40.8 Å². The fraction of sp³-hybridized carbons (Fsp3) is 0.312. The molecule has 0 fully saturated rings. The van der Waals surface area contributed by atoms with Gasteiger partial charge in [-0.2, -0.15) is 0 Å². The number of amides is 1. The van der Waals surface area contributed by atoms with Crippen molar-refractivity contribution in [3.05, 3.63) is 40.5 Å². The Bertz CT molecular complexity index is 742. The highest BCUT2D eigenvalue weighted by Crippen LogP contribution is 2.27. The molecule has 4 N–H and O–H groups in total. The Morgan fingerprint density at radius 2 is 2.17 bits per heavy atom. The summed E-state index contributed by atoms with van der Waals surface area (Å²) in [5.41, 5.74) is 8.52. The third-order valence-electron chi connectivity index (χ3n) is 3.50. The van der Waals surface area contributed by atoms with Crippen molar-refractivity contribution in [3.8, 4) is 0 Å². The highest BCUT2D eigenvalue weighted by atomic mass is 35.5. The second kappa shape index (κ2) is 8.32. The maximum absolute atomic E-state index is 11.4. The van der Waals surface area contributed by atoms with Gasteiger partial charge in [0.05, 0.1) is 5.25 Å². The number of thioether (sulfide) groups is 1. The number of benzene rings is 1. The molecule has 0 aliphatic carbocycles. The number of aliphatic hydroxyl groups is 1. The van der Waals surface area contributed by atoms with Gasteiger partial charge in [-0.15, -0.1) is 0 Å². The number of halogens is 1. The topological polar surface area (TPSA) is 101 Å². The van der Waals surface area contributed by atoms with Crippen LogP contribution in [0.4, 0.5) is 11.5 Å². The molecule has 1 heterocycles. The summed E-state index contributed by atoms with van der Waals surface area (Å²) in [6.07, 6.45) is 0.232. The zero-order chi connectivity index (χ0) is 17.7. The molecule has 1 unspecified atom stereocenters. The van der Waals surface area contributed by atoms with Crippen LogP contribution in [0, 0.1) is 13.8 Å².